The van der Waals surface area contributed by atoms with Crippen molar-refractivity contribution in [1.82, 2.24) is 0 Å². The maximum atomic E-state index is 8.77. The van der Waals surface area contributed by atoms with Gasteiger partial charge in [-0.25, -0.2) is 0 Å². The van der Waals surface area contributed by atoms with E-state index in [-0.39, 0.29) is 4.32 Å². The van der Waals surface area contributed by atoms with Crippen LogP contribution in [-0.2, 0) is 0 Å². The first kappa shape index (κ1) is 9.04. The van der Waals surface area contributed by atoms with Crippen molar-refractivity contribution < 1.29 is 10.0 Å². The number of allylic oxidation sites excluding steroid dienone is 4. The smallest absolute Gasteiger partial charge is 0.423 e. The van der Waals surface area contributed by atoms with Gasteiger partial charge in [0.2, 0.25) is 0 Å². The highest BCUT2D eigenvalue weighted by Gasteiger charge is 2.22. The van der Waals surface area contributed by atoms with Crippen molar-refractivity contribution in [3.05, 3.63) is 23.7 Å². The molecule has 0 bridgehead atoms. The van der Waals surface area contributed by atoms with Crippen molar-refractivity contribution in [2.24, 2.45) is 0 Å². The number of alkyl halides is 1. The van der Waals surface area contributed by atoms with E-state index in [4.69, 9.17) is 10.0 Å². The average molecular weight is 217 g/mol. The molecule has 4 heteroatoms. The molecule has 11 heavy (non-hydrogen) atoms. The molecule has 0 saturated carbocycles. The van der Waals surface area contributed by atoms with Crippen LogP contribution in [0.3, 0.4) is 0 Å². The Morgan fingerprint density at radius 3 is 2.64 bits per heavy atom. The fraction of sp³-hybridized carbons (Fsp3) is 0.429. The van der Waals surface area contributed by atoms with Crippen molar-refractivity contribution >= 4 is 23.0 Å². The zero-order valence-electron chi connectivity index (χ0n) is 6.29. The standard InChI is InChI=1S/C7H10BBrO2/c1-7(9)4-2-6(3-5-7)8(10)11/h2-4,10-11H,5H2,1H3. The van der Waals surface area contributed by atoms with Crippen LogP contribution in [0.1, 0.15) is 13.3 Å². The Hall–Kier alpha value is -0.0551. The second-order valence-electron chi connectivity index (χ2n) is 2.89. The van der Waals surface area contributed by atoms with E-state index in [2.05, 4.69) is 15.9 Å². The van der Waals surface area contributed by atoms with Crippen molar-refractivity contribution in [2.45, 2.75) is 17.7 Å². The summed E-state index contributed by atoms with van der Waals surface area (Å²) in [5.41, 5.74) is 0.571. The van der Waals surface area contributed by atoms with Gasteiger partial charge in [0, 0.05) is 4.32 Å². The molecule has 0 aromatic heterocycles. The lowest BCUT2D eigenvalue weighted by molar-refractivity contribution is 0.420. The summed E-state index contributed by atoms with van der Waals surface area (Å²) < 4.78 is -0.0224. The Bertz CT molecular complexity index is 208. The highest BCUT2D eigenvalue weighted by Crippen LogP contribution is 2.28. The van der Waals surface area contributed by atoms with Gasteiger partial charge in [0.15, 0.2) is 0 Å². The van der Waals surface area contributed by atoms with Gasteiger partial charge in [-0.15, -0.1) is 0 Å². The van der Waals surface area contributed by atoms with Crippen molar-refractivity contribution in [1.29, 1.82) is 0 Å². The second kappa shape index (κ2) is 3.13. The first-order valence-corrected chi connectivity index (χ1v) is 4.25. The van der Waals surface area contributed by atoms with Gasteiger partial charge in [0.25, 0.3) is 0 Å². The quantitative estimate of drug-likeness (QED) is 0.508. The van der Waals surface area contributed by atoms with Gasteiger partial charge < -0.3 is 10.0 Å². The van der Waals surface area contributed by atoms with Crippen LogP contribution in [0.4, 0.5) is 0 Å². The fourth-order valence-electron chi connectivity index (χ4n) is 0.915. The summed E-state index contributed by atoms with van der Waals surface area (Å²) in [6, 6.07) is 0. The maximum absolute atomic E-state index is 8.77. The molecule has 1 aliphatic carbocycles. The zero-order chi connectivity index (χ0) is 8.48. The summed E-state index contributed by atoms with van der Waals surface area (Å²) in [6.07, 6.45) is 6.25. The molecule has 0 spiro atoms. The Morgan fingerprint density at radius 2 is 2.27 bits per heavy atom. The summed E-state index contributed by atoms with van der Waals surface area (Å²) in [7, 11) is -1.34. The molecular formula is C7H10BBrO2. The lowest BCUT2D eigenvalue weighted by atomic mass is 9.75. The van der Waals surface area contributed by atoms with E-state index in [0.29, 0.717) is 5.47 Å². The normalized spacial score (nSPS) is 30.0. The minimum absolute atomic E-state index is 0.0224. The van der Waals surface area contributed by atoms with Crippen LogP contribution in [0.2, 0.25) is 0 Å². The van der Waals surface area contributed by atoms with Gasteiger partial charge in [0.05, 0.1) is 0 Å². The van der Waals surface area contributed by atoms with Gasteiger partial charge in [-0.2, -0.15) is 0 Å². The monoisotopic (exact) mass is 216 g/mol. The molecule has 1 rings (SSSR count). The lowest BCUT2D eigenvalue weighted by Gasteiger charge is -2.20. The number of hydrogen-bond donors (Lipinski definition) is 2. The molecule has 0 aromatic rings. The molecule has 2 nitrogen and oxygen atoms in total. The predicted octanol–water partition coefficient (Wildman–Crippen LogP) is 1.04. The molecule has 0 aromatic carbocycles. The van der Waals surface area contributed by atoms with Crippen LogP contribution in [0, 0.1) is 0 Å². The number of halogens is 1. The minimum atomic E-state index is -1.34. The molecular weight excluding hydrogens is 207 g/mol. The molecule has 1 aliphatic rings. The Balaban J connectivity index is 2.68. The van der Waals surface area contributed by atoms with Crippen molar-refractivity contribution in [3.8, 4) is 0 Å². The molecule has 0 saturated heterocycles. The topological polar surface area (TPSA) is 40.5 Å². The molecule has 60 valence electrons. The lowest BCUT2D eigenvalue weighted by Crippen LogP contribution is -2.20. The predicted molar refractivity (Wildman–Crippen MR) is 49.4 cm³/mol. The second-order valence-corrected chi connectivity index (χ2v) is 4.70. The SMILES string of the molecule is CC1(Br)C=CC(B(O)O)=CC1. The van der Waals surface area contributed by atoms with Gasteiger partial charge in [-0.05, 0) is 18.8 Å². The molecule has 0 heterocycles. The summed E-state index contributed by atoms with van der Waals surface area (Å²) in [4.78, 5) is 0. The summed E-state index contributed by atoms with van der Waals surface area (Å²) in [6.45, 7) is 2.03. The summed E-state index contributed by atoms with van der Waals surface area (Å²) in [5.74, 6) is 0. The van der Waals surface area contributed by atoms with E-state index in [1.807, 2.05) is 19.1 Å². The number of rotatable bonds is 1. The van der Waals surface area contributed by atoms with Crippen LogP contribution >= 0.6 is 15.9 Å². The summed E-state index contributed by atoms with van der Waals surface area (Å²) >= 11 is 3.47. The molecule has 1 atom stereocenters. The first-order chi connectivity index (χ1) is 5.01. The van der Waals surface area contributed by atoms with E-state index in [1.165, 1.54) is 0 Å². The molecule has 0 radical (unpaired) electrons. The Labute approximate surface area is 74.9 Å². The maximum Gasteiger partial charge on any atom is 0.488 e. The third-order valence-electron chi connectivity index (χ3n) is 1.66. The van der Waals surface area contributed by atoms with E-state index in [0.717, 1.165) is 6.42 Å². The third-order valence-corrected chi connectivity index (χ3v) is 2.25. The molecule has 1 unspecified atom stereocenters. The van der Waals surface area contributed by atoms with Gasteiger partial charge in [-0.3, -0.25) is 0 Å². The van der Waals surface area contributed by atoms with Crippen LogP contribution in [0.15, 0.2) is 23.7 Å². The van der Waals surface area contributed by atoms with Crippen molar-refractivity contribution in [3.63, 3.8) is 0 Å². The van der Waals surface area contributed by atoms with E-state index < -0.39 is 7.12 Å². The molecule has 0 amide bonds. The highest BCUT2D eigenvalue weighted by molar-refractivity contribution is 9.10. The van der Waals surface area contributed by atoms with Crippen LogP contribution in [0.5, 0.6) is 0 Å². The Kier molecular flexibility index (Phi) is 2.57. The van der Waals surface area contributed by atoms with E-state index >= 15 is 0 Å². The van der Waals surface area contributed by atoms with Crippen LogP contribution in [-0.4, -0.2) is 21.5 Å². The molecule has 0 aliphatic heterocycles. The van der Waals surface area contributed by atoms with Crippen LogP contribution < -0.4 is 0 Å². The van der Waals surface area contributed by atoms with Crippen LogP contribution in [0.25, 0.3) is 0 Å². The zero-order valence-corrected chi connectivity index (χ0v) is 7.87. The first-order valence-electron chi connectivity index (χ1n) is 3.46. The average Bonchev–Trinajstić information content (AvgIpc) is 1.86. The Morgan fingerprint density at radius 1 is 1.64 bits per heavy atom. The third kappa shape index (κ3) is 2.47. The van der Waals surface area contributed by atoms with E-state index in [1.54, 1.807) is 6.08 Å². The number of hydrogen-bond acceptors (Lipinski definition) is 2. The molecule has 0 fully saturated rings. The highest BCUT2D eigenvalue weighted by atomic mass is 79.9. The van der Waals surface area contributed by atoms with Gasteiger partial charge >= 0.3 is 7.12 Å². The minimum Gasteiger partial charge on any atom is -0.423 e. The van der Waals surface area contributed by atoms with Crippen molar-refractivity contribution in [2.75, 3.05) is 0 Å². The fourth-order valence-corrected chi connectivity index (χ4v) is 1.21. The van der Waals surface area contributed by atoms with Gasteiger partial charge in [0.1, 0.15) is 0 Å². The summed E-state index contributed by atoms with van der Waals surface area (Å²) in [5, 5.41) is 17.5. The molecule has 2 N–H and O–H groups in total. The largest absolute Gasteiger partial charge is 0.488 e. The van der Waals surface area contributed by atoms with Gasteiger partial charge in [-0.1, -0.05) is 34.2 Å². The van der Waals surface area contributed by atoms with E-state index in [9.17, 15) is 0 Å².